The SMILES string of the molecule is CC(=O)c1ccc(-c2sccc2C)cn1. The molecular formula is C12H11NOS. The van der Waals surface area contributed by atoms with Gasteiger partial charge in [0.25, 0.3) is 0 Å². The number of ketones is 1. The van der Waals surface area contributed by atoms with E-state index in [1.165, 1.54) is 17.4 Å². The van der Waals surface area contributed by atoms with E-state index in [4.69, 9.17) is 0 Å². The number of hydrogen-bond donors (Lipinski definition) is 0. The average molecular weight is 217 g/mol. The standard InChI is InChI=1S/C12H11NOS/c1-8-5-6-15-12(8)10-3-4-11(9(2)14)13-7-10/h3-7H,1-2H3. The summed E-state index contributed by atoms with van der Waals surface area (Å²) < 4.78 is 0. The third-order valence-corrected chi connectivity index (χ3v) is 3.31. The van der Waals surface area contributed by atoms with Crippen molar-refractivity contribution in [2.75, 3.05) is 0 Å². The highest BCUT2D eigenvalue weighted by molar-refractivity contribution is 7.13. The number of aryl methyl sites for hydroxylation is 1. The maximum Gasteiger partial charge on any atom is 0.178 e. The number of rotatable bonds is 2. The van der Waals surface area contributed by atoms with Gasteiger partial charge in [-0.25, -0.2) is 0 Å². The van der Waals surface area contributed by atoms with E-state index in [0.717, 1.165) is 5.56 Å². The molecule has 0 saturated heterocycles. The lowest BCUT2D eigenvalue weighted by Gasteiger charge is -2.00. The average Bonchev–Trinajstić information content (AvgIpc) is 2.65. The Morgan fingerprint density at radius 1 is 1.33 bits per heavy atom. The topological polar surface area (TPSA) is 30.0 Å². The molecule has 15 heavy (non-hydrogen) atoms. The first-order chi connectivity index (χ1) is 7.18. The number of nitrogens with zero attached hydrogens (tertiary/aromatic N) is 1. The number of Topliss-reactive ketones (excluding diaryl/α,β-unsaturated/α-hetero) is 1. The highest BCUT2D eigenvalue weighted by Crippen LogP contribution is 2.28. The quantitative estimate of drug-likeness (QED) is 0.722. The Morgan fingerprint density at radius 3 is 2.60 bits per heavy atom. The zero-order valence-electron chi connectivity index (χ0n) is 8.65. The van der Waals surface area contributed by atoms with E-state index in [2.05, 4.69) is 23.4 Å². The summed E-state index contributed by atoms with van der Waals surface area (Å²) in [6, 6.07) is 5.80. The molecule has 0 N–H and O–H groups in total. The normalized spacial score (nSPS) is 10.3. The van der Waals surface area contributed by atoms with Crippen molar-refractivity contribution in [1.29, 1.82) is 0 Å². The Kier molecular flexibility index (Phi) is 2.64. The van der Waals surface area contributed by atoms with Crippen molar-refractivity contribution in [3.8, 4) is 10.4 Å². The van der Waals surface area contributed by atoms with Gasteiger partial charge in [-0.3, -0.25) is 9.78 Å². The van der Waals surface area contributed by atoms with Crippen LogP contribution in [0.15, 0.2) is 29.8 Å². The largest absolute Gasteiger partial charge is 0.293 e. The fourth-order valence-electron chi connectivity index (χ4n) is 1.40. The molecule has 0 aliphatic carbocycles. The van der Waals surface area contributed by atoms with Gasteiger partial charge in [-0.05, 0) is 36.1 Å². The Morgan fingerprint density at radius 2 is 2.13 bits per heavy atom. The molecule has 2 heterocycles. The van der Waals surface area contributed by atoms with Crippen LogP contribution in [0.4, 0.5) is 0 Å². The maximum atomic E-state index is 11.1. The van der Waals surface area contributed by atoms with Gasteiger partial charge in [-0.1, -0.05) is 0 Å². The van der Waals surface area contributed by atoms with Gasteiger partial charge in [0.2, 0.25) is 0 Å². The van der Waals surface area contributed by atoms with E-state index in [-0.39, 0.29) is 5.78 Å². The zero-order chi connectivity index (χ0) is 10.8. The van der Waals surface area contributed by atoms with Crippen molar-refractivity contribution in [1.82, 2.24) is 4.98 Å². The van der Waals surface area contributed by atoms with Crippen LogP contribution in [0.1, 0.15) is 23.0 Å². The van der Waals surface area contributed by atoms with Crippen LogP contribution in [0.5, 0.6) is 0 Å². The summed E-state index contributed by atoms with van der Waals surface area (Å²) in [5, 5.41) is 2.06. The van der Waals surface area contributed by atoms with E-state index in [1.54, 1.807) is 23.6 Å². The number of carbonyl (C=O) groups is 1. The van der Waals surface area contributed by atoms with E-state index in [1.807, 2.05) is 6.07 Å². The van der Waals surface area contributed by atoms with Crippen LogP contribution in [0, 0.1) is 6.92 Å². The predicted octanol–water partition coefficient (Wildman–Crippen LogP) is 3.32. The van der Waals surface area contributed by atoms with E-state index in [9.17, 15) is 4.79 Å². The van der Waals surface area contributed by atoms with Crippen molar-refractivity contribution in [3.63, 3.8) is 0 Å². The second-order valence-electron chi connectivity index (χ2n) is 3.42. The monoisotopic (exact) mass is 217 g/mol. The van der Waals surface area contributed by atoms with Gasteiger partial charge < -0.3 is 0 Å². The van der Waals surface area contributed by atoms with Gasteiger partial charge >= 0.3 is 0 Å². The van der Waals surface area contributed by atoms with E-state index in [0.29, 0.717) is 5.69 Å². The first-order valence-corrected chi connectivity index (χ1v) is 5.58. The van der Waals surface area contributed by atoms with Gasteiger partial charge in [-0.15, -0.1) is 11.3 Å². The van der Waals surface area contributed by atoms with Gasteiger partial charge in [0.15, 0.2) is 5.78 Å². The minimum Gasteiger partial charge on any atom is -0.293 e. The molecule has 2 rings (SSSR count). The molecule has 0 aliphatic rings. The Hall–Kier alpha value is -1.48. The second-order valence-corrected chi connectivity index (χ2v) is 4.34. The number of aromatic nitrogens is 1. The molecule has 0 aromatic carbocycles. The Balaban J connectivity index is 2.40. The maximum absolute atomic E-state index is 11.1. The highest BCUT2D eigenvalue weighted by atomic mass is 32.1. The second kappa shape index (κ2) is 3.95. The van der Waals surface area contributed by atoms with Crippen molar-refractivity contribution in [2.24, 2.45) is 0 Å². The summed E-state index contributed by atoms with van der Waals surface area (Å²) in [6.07, 6.45) is 1.76. The smallest absolute Gasteiger partial charge is 0.178 e. The van der Waals surface area contributed by atoms with Gasteiger partial charge in [0, 0.05) is 23.6 Å². The Labute approximate surface area is 92.6 Å². The zero-order valence-corrected chi connectivity index (χ0v) is 9.47. The van der Waals surface area contributed by atoms with Gasteiger partial charge in [-0.2, -0.15) is 0 Å². The van der Waals surface area contributed by atoms with Crippen LogP contribution in [-0.4, -0.2) is 10.8 Å². The van der Waals surface area contributed by atoms with Crippen molar-refractivity contribution >= 4 is 17.1 Å². The number of hydrogen-bond acceptors (Lipinski definition) is 3. The molecule has 0 atom stereocenters. The van der Waals surface area contributed by atoms with Gasteiger partial charge in [0.1, 0.15) is 5.69 Å². The molecule has 0 saturated carbocycles. The molecule has 76 valence electrons. The van der Waals surface area contributed by atoms with E-state index < -0.39 is 0 Å². The molecule has 0 bridgehead atoms. The molecule has 2 aromatic rings. The fourth-order valence-corrected chi connectivity index (χ4v) is 2.32. The highest BCUT2D eigenvalue weighted by Gasteiger charge is 2.05. The first kappa shape index (κ1) is 10.1. The minimum atomic E-state index is 0.00412. The van der Waals surface area contributed by atoms with Crippen LogP contribution in [0.3, 0.4) is 0 Å². The van der Waals surface area contributed by atoms with Crippen molar-refractivity contribution < 1.29 is 4.79 Å². The molecule has 0 unspecified atom stereocenters. The summed E-state index contributed by atoms with van der Waals surface area (Å²) in [7, 11) is 0. The van der Waals surface area contributed by atoms with E-state index >= 15 is 0 Å². The first-order valence-electron chi connectivity index (χ1n) is 4.70. The molecule has 0 radical (unpaired) electrons. The van der Waals surface area contributed by atoms with Crippen LogP contribution in [0.25, 0.3) is 10.4 Å². The van der Waals surface area contributed by atoms with Crippen LogP contribution in [-0.2, 0) is 0 Å². The minimum absolute atomic E-state index is 0.00412. The third-order valence-electron chi connectivity index (χ3n) is 2.25. The van der Waals surface area contributed by atoms with Crippen molar-refractivity contribution in [2.45, 2.75) is 13.8 Å². The molecule has 2 nitrogen and oxygen atoms in total. The summed E-state index contributed by atoms with van der Waals surface area (Å²) in [6.45, 7) is 3.60. The molecule has 3 heteroatoms. The predicted molar refractivity (Wildman–Crippen MR) is 62.3 cm³/mol. The summed E-state index contributed by atoms with van der Waals surface area (Å²) in [4.78, 5) is 16.4. The van der Waals surface area contributed by atoms with Gasteiger partial charge in [0.05, 0.1) is 0 Å². The third kappa shape index (κ3) is 1.97. The van der Waals surface area contributed by atoms with Crippen LogP contribution >= 0.6 is 11.3 Å². The molecule has 0 spiro atoms. The summed E-state index contributed by atoms with van der Waals surface area (Å²) in [5.41, 5.74) is 2.85. The molecule has 0 fully saturated rings. The summed E-state index contributed by atoms with van der Waals surface area (Å²) in [5.74, 6) is 0.00412. The number of carbonyl (C=O) groups excluding carboxylic acids is 1. The van der Waals surface area contributed by atoms with Crippen molar-refractivity contribution in [3.05, 3.63) is 41.0 Å². The molecule has 2 aromatic heterocycles. The number of pyridine rings is 1. The Bertz CT molecular complexity index is 485. The molecule has 0 amide bonds. The lowest BCUT2D eigenvalue weighted by molar-refractivity contribution is 0.101. The lowest BCUT2D eigenvalue weighted by atomic mass is 10.1. The fraction of sp³-hybridized carbons (Fsp3) is 0.167. The summed E-state index contributed by atoms with van der Waals surface area (Å²) >= 11 is 1.69. The van der Waals surface area contributed by atoms with Crippen LogP contribution in [0.2, 0.25) is 0 Å². The number of thiophene rings is 1. The molecule has 0 aliphatic heterocycles. The molecular weight excluding hydrogens is 206 g/mol. The lowest BCUT2D eigenvalue weighted by Crippen LogP contribution is -1.95. The van der Waals surface area contributed by atoms with Crippen LogP contribution < -0.4 is 0 Å².